The number of hydrogen-bond acceptors (Lipinski definition) is 7. The number of aliphatic carboxylic acids is 1. The van der Waals surface area contributed by atoms with E-state index in [0.717, 1.165) is 22.9 Å². The van der Waals surface area contributed by atoms with Gasteiger partial charge < -0.3 is 14.6 Å². The summed E-state index contributed by atoms with van der Waals surface area (Å²) in [6, 6.07) is 30.7. The first-order valence-electron chi connectivity index (χ1n) is 11.6. The molecule has 0 radical (unpaired) electrons. The number of carboxylic acids is 1. The molecule has 0 saturated carbocycles. The molecule has 0 amide bonds. The molecule has 0 atom stereocenters. The number of benzene rings is 4. The van der Waals surface area contributed by atoms with Crippen molar-refractivity contribution in [3.8, 4) is 5.75 Å². The molecule has 5 aromatic rings. The SMILES string of the molecule is O=C([O-])/C(=C(\Cc1ccc(OCc2ccccc2)cc1)C(=O)c1ccccc1)c1ccc2nsnc2c1.[Na+]. The topological polar surface area (TPSA) is 92.2 Å². The third kappa shape index (κ3) is 6.44. The Kier molecular flexibility index (Phi) is 9.20. The van der Waals surface area contributed by atoms with Crippen LogP contribution in [0.3, 0.4) is 0 Å². The number of nitrogens with zero attached hydrogens (tertiary/aromatic N) is 2. The fourth-order valence-electron chi connectivity index (χ4n) is 4.05. The predicted octanol–water partition coefficient (Wildman–Crippen LogP) is 1.90. The molecule has 0 unspecified atom stereocenters. The summed E-state index contributed by atoms with van der Waals surface area (Å²) < 4.78 is 14.2. The van der Waals surface area contributed by atoms with Gasteiger partial charge in [0, 0.05) is 23.1 Å². The zero-order valence-electron chi connectivity index (χ0n) is 20.7. The summed E-state index contributed by atoms with van der Waals surface area (Å²) in [6.45, 7) is 0.431. The van der Waals surface area contributed by atoms with E-state index in [2.05, 4.69) is 8.75 Å². The molecule has 0 N–H and O–H groups in total. The van der Waals surface area contributed by atoms with Crippen LogP contribution in [0.25, 0.3) is 16.6 Å². The first kappa shape index (κ1) is 27.4. The van der Waals surface area contributed by atoms with Crippen LogP contribution in [0.5, 0.6) is 5.75 Å². The molecule has 0 saturated heterocycles. The van der Waals surface area contributed by atoms with E-state index in [1.807, 2.05) is 54.6 Å². The Morgan fingerprint density at radius 2 is 1.39 bits per heavy atom. The van der Waals surface area contributed by atoms with Crippen molar-refractivity contribution < 1.29 is 49.0 Å². The average molecular weight is 529 g/mol. The minimum Gasteiger partial charge on any atom is -0.545 e. The fraction of sp³-hybridized carbons (Fsp3) is 0.0667. The molecule has 0 bridgehead atoms. The number of Topliss-reactive ketones (excluding diaryl/α,β-unsaturated/α-hetero) is 1. The molecule has 1 heterocycles. The van der Waals surface area contributed by atoms with E-state index in [-0.39, 0.29) is 52.9 Å². The van der Waals surface area contributed by atoms with Gasteiger partial charge in [-0.1, -0.05) is 78.9 Å². The molecule has 0 aliphatic carbocycles. The van der Waals surface area contributed by atoms with Gasteiger partial charge in [0.05, 0.1) is 17.7 Å². The minimum atomic E-state index is -1.43. The van der Waals surface area contributed by atoms with Crippen molar-refractivity contribution in [2.45, 2.75) is 13.0 Å². The smallest absolute Gasteiger partial charge is 0.545 e. The second-order valence-electron chi connectivity index (χ2n) is 8.40. The van der Waals surface area contributed by atoms with Crippen molar-refractivity contribution >= 4 is 40.1 Å². The van der Waals surface area contributed by atoms with Gasteiger partial charge in [0.25, 0.3) is 0 Å². The molecule has 0 aliphatic heterocycles. The van der Waals surface area contributed by atoms with Crippen LogP contribution in [-0.2, 0) is 17.8 Å². The largest absolute Gasteiger partial charge is 1.00 e. The van der Waals surface area contributed by atoms with Gasteiger partial charge in [0.1, 0.15) is 23.4 Å². The summed E-state index contributed by atoms with van der Waals surface area (Å²) >= 11 is 1.04. The quantitative estimate of drug-likeness (QED) is 0.165. The van der Waals surface area contributed by atoms with Crippen molar-refractivity contribution in [1.29, 1.82) is 0 Å². The van der Waals surface area contributed by atoms with E-state index in [1.54, 1.807) is 48.5 Å². The number of ketones is 1. The number of rotatable bonds is 9. The molecule has 0 fully saturated rings. The number of carbonyl (C=O) groups excluding carboxylic acids is 2. The minimum absolute atomic E-state index is 0. The van der Waals surface area contributed by atoms with Crippen molar-refractivity contribution in [1.82, 2.24) is 8.75 Å². The zero-order chi connectivity index (χ0) is 25.6. The van der Waals surface area contributed by atoms with Gasteiger partial charge in [-0.15, -0.1) is 0 Å². The third-order valence-electron chi connectivity index (χ3n) is 5.91. The van der Waals surface area contributed by atoms with E-state index >= 15 is 0 Å². The second kappa shape index (κ2) is 12.8. The number of ether oxygens (including phenoxy) is 1. The number of fused-ring (bicyclic) bond motifs is 1. The maximum atomic E-state index is 13.6. The van der Waals surface area contributed by atoms with Crippen molar-refractivity contribution in [2.75, 3.05) is 0 Å². The fourth-order valence-corrected chi connectivity index (χ4v) is 4.56. The summed E-state index contributed by atoms with van der Waals surface area (Å²) in [7, 11) is 0. The monoisotopic (exact) mass is 528 g/mol. The molecule has 5 rings (SSSR count). The Morgan fingerprint density at radius 1 is 0.737 bits per heavy atom. The van der Waals surface area contributed by atoms with Gasteiger partial charge in [0.2, 0.25) is 0 Å². The van der Waals surface area contributed by atoms with Gasteiger partial charge in [-0.3, -0.25) is 4.79 Å². The van der Waals surface area contributed by atoms with Crippen molar-refractivity contribution in [3.63, 3.8) is 0 Å². The van der Waals surface area contributed by atoms with E-state index in [9.17, 15) is 14.7 Å². The zero-order valence-corrected chi connectivity index (χ0v) is 23.5. The Labute approximate surface area is 246 Å². The van der Waals surface area contributed by atoms with E-state index in [4.69, 9.17) is 4.74 Å². The van der Waals surface area contributed by atoms with Crippen LogP contribution in [0.2, 0.25) is 0 Å². The van der Waals surface area contributed by atoms with Crippen LogP contribution >= 0.6 is 11.7 Å². The van der Waals surface area contributed by atoms with Crippen LogP contribution < -0.4 is 39.4 Å². The number of hydrogen-bond donors (Lipinski definition) is 0. The molecule has 182 valence electrons. The number of carboxylic acid groups (broad SMARTS) is 1. The number of aromatic nitrogens is 2. The van der Waals surface area contributed by atoms with Gasteiger partial charge in [-0.2, -0.15) is 8.75 Å². The maximum absolute atomic E-state index is 13.6. The Bertz CT molecular complexity index is 1580. The molecule has 8 heteroatoms. The maximum Gasteiger partial charge on any atom is 1.00 e. The standard InChI is InChI=1S/C30H22N2O4S.Na/c33-29(22-9-5-2-6-10-22)25(28(30(34)35)23-13-16-26-27(18-23)32-37-31-26)17-20-11-14-24(15-12-20)36-19-21-7-3-1-4-8-21;/h1-16,18H,17,19H2,(H,34,35);/q;+1/p-1/b28-25+;. The van der Waals surface area contributed by atoms with Gasteiger partial charge in [0.15, 0.2) is 5.78 Å². The summed E-state index contributed by atoms with van der Waals surface area (Å²) in [5, 5.41) is 12.4. The van der Waals surface area contributed by atoms with Gasteiger partial charge in [-0.25, -0.2) is 0 Å². The third-order valence-corrected chi connectivity index (χ3v) is 6.47. The van der Waals surface area contributed by atoms with Crippen LogP contribution in [0.1, 0.15) is 27.0 Å². The van der Waals surface area contributed by atoms with Crippen LogP contribution in [0, 0.1) is 0 Å². The molecule has 4 aromatic carbocycles. The average Bonchev–Trinajstić information content (AvgIpc) is 3.41. The number of carbonyl (C=O) groups is 2. The van der Waals surface area contributed by atoms with Gasteiger partial charge in [-0.05, 0) is 41.0 Å². The van der Waals surface area contributed by atoms with Crippen LogP contribution in [-0.4, -0.2) is 20.5 Å². The van der Waals surface area contributed by atoms with E-state index in [0.29, 0.717) is 34.5 Å². The van der Waals surface area contributed by atoms with Crippen LogP contribution in [0.4, 0.5) is 0 Å². The number of allylic oxidation sites excluding steroid dienone is 1. The van der Waals surface area contributed by atoms with Gasteiger partial charge >= 0.3 is 29.6 Å². The van der Waals surface area contributed by atoms with Crippen molar-refractivity contribution in [3.05, 3.63) is 131 Å². The molecule has 1 aromatic heterocycles. The Morgan fingerprint density at radius 3 is 2.08 bits per heavy atom. The normalized spacial score (nSPS) is 11.4. The second-order valence-corrected chi connectivity index (χ2v) is 8.93. The Hall–Kier alpha value is -3.62. The summed E-state index contributed by atoms with van der Waals surface area (Å²) in [6.07, 6.45) is 0.101. The molecule has 0 spiro atoms. The molecule has 38 heavy (non-hydrogen) atoms. The van der Waals surface area contributed by atoms with Crippen molar-refractivity contribution in [2.24, 2.45) is 0 Å². The Balaban J connectivity index is 0.00000336. The molecular weight excluding hydrogens is 507 g/mol. The summed E-state index contributed by atoms with van der Waals surface area (Å²) in [4.78, 5) is 26.0. The predicted molar refractivity (Wildman–Crippen MR) is 141 cm³/mol. The van der Waals surface area contributed by atoms with Crippen LogP contribution in [0.15, 0.2) is 109 Å². The molecule has 6 nitrogen and oxygen atoms in total. The first-order valence-corrected chi connectivity index (χ1v) is 12.3. The summed E-state index contributed by atoms with van der Waals surface area (Å²) in [5.41, 5.74) is 3.76. The molecular formula is C30H21N2NaO4S. The molecule has 0 aliphatic rings. The summed E-state index contributed by atoms with van der Waals surface area (Å²) in [5.74, 6) is -1.13. The van der Waals surface area contributed by atoms with E-state index in [1.165, 1.54) is 0 Å². The van der Waals surface area contributed by atoms with E-state index < -0.39 is 5.97 Å². The first-order chi connectivity index (χ1) is 18.1.